The van der Waals surface area contributed by atoms with Gasteiger partial charge in [-0.15, -0.1) is 11.8 Å². The van der Waals surface area contributed by atoms with Crippen molar-refractivity contribution in [2.24, 2.45) is 0 Å². The molecule has 0 bridgehead atoms. The first-order chi connectivity index (χ1) is 9.25. The second-order valence-electron chi connectivity index (χ2n) is 4.27. The van der Waals surface area contributed by atoms with Gasteiger partial charge in [0.05, 0.1) is 23.8 Å². The summed E-state index contributed by atoms with van der Waals surface area (Å²) in [6.45, 7) is 1.99. The van der Waals surface area contributed by atoms with E-state index in [1.807, 2.05) is 49.4 Å². The van der Waals surface area contributed by atoms with E-state index in [0.29, 0.717) is 5.75 Å². The van der Waals surface area contributed by atoms with E-state index in [4.69, 9.17) is 4.42 Å². The normalized spacial score (nSPS) is 12.1. The first-order valence-electron chi connectivity index (χ1n) is 6.20. The summed E-state index contributed by atoms with van der Waals surface area (Å²) < 4.78 is 5.21. The quantitative estimate of drug-likeness (QED) is 0.878. The van der Waals surface area contributed by atoms with Gasteiger partial charge in [-0.05, 0) is 24.6 Å². The Morgan fingerprint density at radius 3 is 2.74 bits per heavy atom. The molecule has 2 rings (SSSR count). The molecule has 1 aromatic carbocycles. The third kappa shape index (κ3) is 4.48. The number of rotatable bonds is 6. The summed E-state index contributed by atoms with van der Waals surface area (Å²) in [6, 6.07) is 13.8. The van der Waals surface area contributed by atoms with E-state index < -0.39 is 0 Å². The second-order valence-corrected chi connectivity index (χ2v) is 5.26. The molecule has 1 N–H and O–H groups in total. The Balaban J connectivity index is 1.72. The van der Waals surface area contributed by atoms with Gasteiger partial charge in [0.25, 0.3) is 0 Å². The van der Waals surface area contributed by atoms with Crippen LogP contribution in [0.3, 0.4) is 0 Å². The number of hydrogen-bond donors (Lipinski definition) is 1. The van der Waals surface area contributed by atoms with Gasteiger partial charge in [-0.1, -0.05) is 30.3 Å². The van der Waals surface area contributed by atoms with Crippen LogP contribution in [0.4, 0.5) is 0 Å². The van der Waals surface area contributed by atoms with Gasteiger partial charge in [-0.2, -0.15) is 0 Å². The predicted octanol–water partition coefficient (Wildman–Crippen LogP) is 3.39. The van der Waals surface area contributed by atoms with Crippen LogP contribution < -0.4 is 5.32 Å². The van der Waals surface area contributed by atoms with Crippen molar-refractivity contribution < 1.29 is 9.21 Å². The average Bonchev–Trinajstić information content (AvgIpc) is 2.93. The minimum atomic E-state index is 0.0397. The summed E-state index contributed by atoms with van der Waals surface area (Å²) in [5, 5.41) is 2.99. The fourth-order valence-corrected chi connectivity index (χ4v) is 2.48. The first kappa shape index (κ1) is 13.7. The van der Waals surface area contributed by atoms with Crippen LogP contribution in [-0.2, 0) is 10.5 Å². The number of furan rings is 1. The smallest absolute Gasteiger partial charge is 0.230 e. The number of nitrogens with one attached hydrogen (secondary N) is 1. The highest BCUT2D eigenvalue weighted by molar-refractivity contribution is 7.99. The summed E-state index contributed by atoms with van der Waals surface area (Å²) in [6.07, 6.45) is 1.65. The van der Waals surface area contributed by atoms with E-state index in [9.17, 15) is 4.79 Å². The molecule has 100 valence electrons. The largest absolute Gasteiger partial charge is 0.468 e. The van der Waals surface area contributed by atoms with Gasteiger partial charge in [0, 0.05) is 0 Å². The Morgan fingerprint density at radius 2 is 2.05 bits per heavy atom. The third-order valence-electron chi connectivity index (χ3n) is 2.73. The van der Waals surface area contributed by atoms with Crippen molar-refractivity contribution in [2.45, 2.75) is 18.7 Å². The molecule has 0 aliphatic carbocycles. The molecule has 1 unspecified atom stereocenters. The van der Waals surface area contributed by atoms with Crippen LogP contribution in [-0.4, -0.2) is 11.7 Å². The summed E-state index contributed by atoms with van der Waals surface area (Å²) in [5.41, 5.74) is 1.12. The molecule has 1 heterocycles. The van der Waals surface area contributed by atoms with Crippen molar-refractivity contribution in [3.63, 3.8) is 0 Å². The SMILES string of the molecule is CC(NC(=O)CSCc1ccco1)c1ccccc1. The third-order valence-corrected chi connectivity index (χ3v) is 3.69. The number of carbonyl (C=O) groups excluding carboxylic acids is 1. The standard InChI is InChI=1S/C15H17NO2S/c1-12(13-6-3-2-4-7-13)16-15(17)11-19-10-14-8-5-9-18-14/h2-9,12H,10-11H2,1H3,(H,16,17). The molecule has 0 saturated carbocycles. The molecule has 3 nitrogen and oxygen atoms in total. The van der Waals surface area contributed by atoms with Crippen molar-refractivity contribution in [3.05, 3.63) is 60.1 Å². The molecular weight excluding hydrogens is 258 g/mol. The van der Waals surface area contributed by atoms with Crippen LogP contribution in [0.15, 0.2) is 53.1 Å². The molecule has 19 heavy (non-hydrogen) atoms. The molecule has 0 fully saturated rings. The maximum atomic E-state index is 11.8. The van der Waals surface area contributed by atoms with Gasteiger partial charge in [-0.25, -0.2) is 0 Å². The van der Waals surface area contributed by atoms with Crippen molar-refractivity contribution in [1.29, 1.82) is 0 Å². The van der Waals surface area contributed by atoms with Crippen LogP contribution in [0.25, 0.3) is 0 Å². The number of benzene rings is 1. The van der Waals surface area contributed by atoms with Gasteiger partial charge in [0.15, 0.2) is 0 Å². The lowest BCUT2D eigenvalue weighted by molar-refractivity contribution is -0.119. The van der Waals surface area contributed by atoms with Gasteiger partial charge >= 0.3 is 0 Å². The number of amides is 1. The number of carbonyl (C=O) groups is 1. The van der Waals surface area contributed by atoms with Crippen LogP contribution in [0, 0.1) is 0 Å². The molecular formula is C15H17NO2S. The van der Waals surface area contributed by atoms with Gasteiger partial charge in [0.1, 0.15) is 5.76 Å². The van der Waals surface area contributed by atoms with Crippen molar-refractivity contribution in [1.82, 2.24) is 5.32 Å². The zero-order chi connectivity index (χ0) is 13.5. The Hall–Kier alpha value is -1.68. The minimum absolute atomic E-state index is 0.0397. The Morgan fingerprint density at radius 1 is 1.26 bits per heavy atom. The molecule has 0 radical (unpaired) electrons. The van der Waals surface area contributed by atoms with Crippen LogP contribution >= 0.6 is 11.8 Å². The molecule has 0 aliphatic rings. The van der Waals surface area contributed by atoms with Crippen LogP contribution in [0.2, 0.25) is 0 Å². The van der Waals surface area contributed by atoms with E-state index in [0.717, 1.165) is 17.1 Å². The Labute approximate surface area is 117 Å². The maximum absolute atomic E-state index is 11.8. The van der Waals surface area contributed by atoms with Crippen molar-refractivity contribution >= 4 is 17.7 Å². The summed E-state index contributed by atoms with van der Waals surface area (Å²) in [7, 11) is 0. The Bertz CT molecular complexity index is 496. The lowest BCUT2D eigenvalue weighted by Gasteiger charge is -2.13. The summed E-state index contributed by atoms with van der Waals surface area (Å²) >= 11 is 1.55. The molecule has 2 aromatic rings. The van der Waals surface area contributed by atoms with Crippen LogP contribution in [0.1, 0.15) is 24.3 Å². The second kappa shape index (κ2) is 7.04. The number of hydrogen-bond acceptors (Lipinski definition) is 3. The monoisotopic (exact) mass is 275 g/mol. The molecule has 1 amide bonds. The van der Waals surface area contributed by atoms with E-state index in [1.54, 1.807) is 18.0 Å². The Kier molecular flexibility index (Phi) is 5.10. The predicted molar refractivity (Wildman–Crippen MR) is 77.9 cm³/mol. The van der Waals surface area contributed by atoms with Crippen molar-refractivity contribution in [3.8, 4) is 0 Å². The van der Waals surface area contributed by atoms with Crippen LogP contribution in [0.5, 0.6) is 0 Å². The fraction of sp³-hybridized carbons (Fsp3) is 0.267. The lowest BCUT2D eigenvalue weighted by Crippen LogP contribution is -2.28. The average molecular weight is 275 g/mol. The molecule has 0 spiro atoms. The lowest BCUT2D eigenvalue weighted by atomic mass is 10.1. The maximum Gasteiger partial charge on any atom is 0.230 e. The molecule has 4 heteroatoms. The number of thioether (sulfide) groups is 1. The van der Waals surface area contributed by atoms with E-state index in [1.165, 1.54) is 0 Å². The van der Waals surface area contributed by atoms with E-state index in [2.05, 4.69) is 5.32 Å². The van der Waals surface area contributed by atoms with Gasteiger partial charge in [-0.3, -0.25) is 4.79 Å². The fourth-order valence-electron chi connectivity index (χ4n) is 1.75. The van der Waals surface area contributed by atoms with Gasteiger partial charge < -0.3 is 9.73 Å². The highest BCUT2D eigenvalue weighted by atomic mass is 32.2. The van der Waals surface area contributed by atoms with Gasteiger partial charge in [0.2, 0.25) is 5.91 Å². The van der Waals surface area contributed by atoms with Crippen molar-refractivity contribution in [2.75, 3.05) is 5.75 Å². The molecule has 1 atom stereocenters. The highest BCUT2D eigenvalue weighted by Gasteiger charge is 2.09. The zero-order valence-electron chi connectivity index (χ0n) is 10.8. The van der Waals surface area contributed by atoms with E-state index >= 15 is 0 Å². The molecule has 1 aromatic heterocycles. The summed E-state index contributed by atoms with van der Waals surface area (Å²) in [5.74, 6) is 2.11. The molecule has 0 saturated heterocycles. The minimum Gasteiger partial charge on any atom is -0.468 e. The molecule has 0 aliphatic heterocycles. The first-order valence-corrected chi connectivity index (χ1v) is 7.35. The summed E-state index contributed by atoms with van der Waals surface area (Å²) in [4.78, 5) is 11.8. The zero-order valence-corrected chi connectivity index (χ0v) is 11.7. The van der Waals surface area contributed by atoms with E-state index in [-0.39, 0.29) is 11.9 Å². The topological polar surface area (TPSA) is 42.2 Å². The highest BCUT2D eigenvalue weighted by Crippen LogP contribution is 2.14.